The lowest BCUT2D eigenvalue weighted by atomic mass is 10.0. The van der Waals surface area contributed by atoms with Crippen molar-refractivity contribution in [2.45, 2.75) is 70.1 Å². The summed E-state index contributed by atoms with van der Waals surface area (Å²) in [6.07, 6.45) is 3.42. The number of nitrogens with one attached hydrogen (secondary N) is 4. The van der Waals surface area contributed by atoms with Crippen LogP contribution >= 0.6 is 0 Å². The van der Waals surface area contributed by atoms with Gasteiger partial charge in [-0.05, 0) is 31.7 Å². The van der Waals surface area contributed by atoms with Crippen LogP contribution in [0.25, 0.3) is 0 Å². The SMILES string of the molecule is CC(C)C(NC(=O)C(Cc1cnc[nH]1)NC(=O)C(N)CC(=O)O)C(=O)NC(CCCCN)C(=O)O. The Balaban J connectivity index is 2.98. The molecule has 0 aliphatic heterocycles. The predicted octanol–water partition coefficient (Wildman–Crippen LogP) is -1.92. The number of imidazole rings is 1. The van der Waals surface area contributed by atoms with Gasteiger partial charge in [0.15, 0.2) is 0 Å². The van der Waals surface area contributed by atoms with Crippen molar-refractivity contribution in [2.24, 2.45) is 17.4 Å². The van der Waals surface area contributed by atoms with Gasteiger partial charge in [-0.3, -0.25) is 19.2 Å². The van der Waals surface area contributed by atoms with Crippen LogP contribution in [0.5, 0.6) is 0 Å². The number of rotatable bonds is 16. The van der Waals surface area contributed by atoms with Gasteiger partial charge in [0, 0.05) is 18.3 Å². The van der Waals surface area contributed by atoms with Crippen molar-refractivity contribution >= 4 is 29.7 Å². The summed E-state index contributed by atoms with van der Waals surface area (Å²) in [6, 6.07) is -4.86. The molecule has 0 aromatic carbocycles. The zero-order valence-electron chi connectivity index (χ0n) is 19.8. The van der Waals surface area contributed by atoms with Gasteiger partial charge in [-0.25, -0.2) is 9.78 Å². The minimum Gasteiger partial charge on any atom is -0.481 e. The van der Waals surface area contributed by atoms with Crippen LogP contribution in [0.4, 0.5) is 0 Å². The number of aromatic amines is 1. The molecular formula is C21H35N7O7. The molecule has 14 nitrogen and oxygen atoms in total. The second-order valence-electron chi connectivity index (χ2n) is 8.46. The van der Waals surface area contributed by atoms with Crippen molar-refractivity contribution in [1.82, 2.24) is 25.9 Å². The largest absolute Gasteiger partial charge is 0.481 e. The molecule has 4 unspecified atom stereocenters. The lowest BCUT2D eigenvalue weighted by Crippen LogP contribution is -2.59. The van der Waals surface area contributed by atoms with E-state index in [1.165, 1.54) is 12.5 Å². The Bertz CT molecular complexity index is 860. The summed E-state index contributed by atoms with van der Waals surface area (Å²) in [5.74, 6) is -5.19. The van der Waals surface area contributed by atoms with Crippen LogP contribution in [-0.4, -0.2) is 80.6 Å². The molecule has 1 aromatic rings. The fourth-order valence-corrected chi connectivity index (χ4v) is 3.19. The molecule has 1 rings (SSSR count). The molecule has 35 heavy (non-hydrogen) atoms. The first-order valence-electron chi connectivity index (χ1n) is 11.2. The van der Waals surface area contributed by atoms with Crippen molar-refractivity contribution in [1.29, 1.82) is 0 Å². The molecular weight excluding hydrogens is 462 g/mol. The average Bonchev–Trinajstić information content (AvgIpc) is 3.28. The summed E-state index contributed by atoms with van der Waals surface area (Å²) in [5.41, 5.74) is 11.5. The van der Waals surface area contributed by atoms with Crippen LogP contribution in [0.1, 0.15) is 45.2 Å². The number of carbonyl (C=O) groups excluding carboxylic acids is 3. The van der Waals surface area contributed by atoms with E-state index in [0.29, 0.717) is 25.1 Å². The maximum Gasteiger partial charge on any atom is 0.326 e. The number of carbonyl (C=O) groups is 5. The number of aromatic nitrogens is 2. The summed E-state index contributed by atoms with van der Waals surface area (Å²) in [5, 5.41) is 25.7. The number of hydrogen-bond donors (Lipinski definition) is 8. The molecule has 10 N–H and O–H groups in total. The fourth-order valence-electron chi connectivity index (χ4n) is 3.19. The summed E-state index contributed by atoms with van der Waals surface area (Å²) < 4.78 is 0. The number of unbranched alkanes of at least 4 members (excludes halogenated alkanes) is 1. The topological polar surface area (TPSA) is 243 Å². The van der Waals surface area contributed by atoms with E-state index in [4.69, 9.17) is 16.6 Å². The predicted molar refractivity (Wildman–Crippen MR) is 124 cm³/mol. The molecule has 1 aromatic heterocycles. The zero-order chi connectivity index (χ0) is 26.5. The van der Waals surface area contributed by atoms with Gasteiger partial charge in [-0.2, -0.15) is 0 Å². The highest BCUT2D eigenvalue weighted by Gasteiger charge is 2.32. The van der Waals surface area contributed by atoms with Gasteiger partial charge >= 0.3 is 11.9 Å². The van der Waals surface area contributed by atoms with E-state index in [-0.39, 0.29) is 12.8 Å². The van der Waals surface area contributed by atoms with Crippen molar-refractivity contribution in [3.05, 3.63) is 18.2 Å². The number of carboxylic acid groups (broad SMARTS) is 2. The van der Waals surface area contributed by atoms with Crippen LogP contribution < -0.4 is 27.4 Å². The highest BCUT2D eigenvalue weighted by molar-refractivity contribution is 5.95. The minimum atomic E-state index is -1.39. The third-order valence-electron chi connectivity index (χ3n) is 5.15. The van der Waals surface area contributed by atoms with E-state index in [9.17, 15) is 29.1 Å². The Morgan fingerprint density at radius 2 is 1.66 bits per heavy atom. The van der Waals surface area contributed by atoms with Crippen molar-refractivity contribution < 1.29 is 34.2 Å². The van der Waals surface area contributed by atoms with Gasteiger partial charge in [-0.15, -0.1) is 0 Å². The first-order valence-corrected chi connectivity index (χ1v) is 11.2. The van der Waals surface area contributed by atoms with Gasteiger partial charge in [0.1, 0.15) is 18.1 Å². The van der Waals surface area contributed by atoms with Crippen LogP contribution in [0.3, 0.4) is 0 Å². The van der Waals surface area contributed by atoms with Gasteiger partial charge in [0.25, 0.3) is 0 Å². The second kappa shape index (κ2) is 14.7. The number of hydrogen-bond acceptors (Lipinski definition) is 8. The number of amides is 3. The van der Waals surface area contributed by atoms with Crippen LogP contribution in [0.2, 0.25) is 0 Å². The smallest absolute Gasteiger partial charge is 0.326 e. The third-order valence-corrected chi connectivity index (χ3v) is 5.15. The van der Waals surface area contributed by atoms with E-state index in [0.717, 1.165) is 0 Å². The van der Waals surface area contributed by atoms with Crippen molar-refractivity contribution in [3.63, 3.8) is 0 Å². The molecule has 196 valence electrons. The normalized spacial score (nSPS) is 14.4. The van der Waals surface area contributed by atoms with Crippen LogP contribution in [-0.2, 0) is 30.4 Å². The molecule has 1 heterocycles. The summed E-state index contributed by atoms with van der Waals surface area (Å²) in [4.78, 5) is 67.4. The maximum absolute atomic E-state index is 13.1. The molecule has 0 saturated carbocycles. The van der Waals surface area contributed by atoms with Crippen molar-refractivity contribution in [2.75, 3.05) is 6.54 Å². The number of H-pyrrole nitrogens is 1. The van der Waals surface area contributed by atoms with Gasteiger partial charge < -0.3 is 42.6 Å². The first kappa shape index (κ1) is 29.5. The van der Waals surface area contributed by atoms with Crippen LogP contribution in [0.15, 0.2) is 12.5 Å². The van der Waals surface area contributed by atoms with Gasteiger partial charge in [0.2, 0.25) is 17.7 Å². The molecule has 3 amide bonds. The van der Waals surface area contributed by atoms with E-state index in [1.807, 2.05) is 0 Å². The Morgan fingerprint density at radius 1 is 1.00 bits per heavy atom. The highest BCUT2D eigenvalue weighted by atomic mass is 16.4. The molecule has 0 fully saturated rings. The lowest BCUT2D eigenvalue weighted by molar-refractivity contribution is -0.142. The molecule has 14 heteroatoms. The van der Waals surface area contributed by atoms with Gasteiger partial charge in [-0.1, -0.05) is 13.8 Å². The van der Waals surface area contributed by atoms with Gasteiger partial charge in [0.05, 0.1) is 18.8 Å². The monoisotopic (exact) mass is 497 g/mol. The highest BCUT2D eigenvalue weighted by Crippen LogP contribution is 2.08. The van der Waals surface area contributed by atoms with E-state index < -0.39 is 66.2 Å². The third kappa shape index (κ3) is 10.5. The number of carboxylic acids is 2. The minimum absolute atomic E-state index is 0.0410. The summed E-state index contributed by atoms with van der Waals surface area (Å²) in [7, 11) is 0. The lowest BCUT2D eigenvalue weighted by Gasteiger charge is -2.27. The standard InChI is InChI=1S/C21H35N7O7/c1-11(2)17(20(33)26-14(21(34)35)5-3-4-6-22)28-19(32)15(7-12-9-24-10-25-12)27-18(31)13(23)8-16(29)30/h9-11,13-15,17H,3-8,22-23H2,1-2H3,(H,24,25)(H,26,33)(H,27,31)(H,28,32)(H,29,30)(H,34,35). The van der Waals surface area contributed by atoms with Crippen molar-refractivity contribution in [3.8, 4) is 0 Å². The summed E-state index contributed by atoms with van der Waals surface area (Å²) >= 11 is 0. The molecule has 0 aliphatic carbocycles. The molecule has 0 aliphatic rings. The number of nitrogens with two attached hydrogens (primary N) is 2. The summed E-state index contributed by atoms with van der Waals surface area (Å²) in [6.45, 7) is 3.73. The maximum atomic E-state index is 13.1. The zero-order valence-corrected chi connectivity index (χ0v) is 19.8. The molecule has 0 spiro atoms. The molecule has 4 atom stereocenters. The van der Waals surface area contributed by atoms with E-state index >= 15 is 0 Å². The quantitative estimate of drug-likeness (QED) is 0.118. The second-order valence-corrected chi connectivity index (χ2v) is 8.46. The van der Waals surface area contributed by atoms with Crippen LogP contribution in [0, 0.1) is 5.92 Å². The molecule has 0 bridgehead atoms. The Morgan fingerprint density at radius 3 is 2.17 bits per heavy atom. The molecule has 0 radical (unpaired) electrons. The average molecular weight is 498 g/mol. The Hall–Kier alpha value is -3.52. The fraction of sp³-hybridized carbons (Fsp3) is 0.619. The number of aliphatic carboxylic acids is 2. The Kier molecular flexibility index (Phi) is 12.4. The Labute approximate surface area is 202 Å². The number of nitrogens with zero attached hydrogens (tertiary/aromatic N) is 1. The first-order chi connectivity index (χ1) is 16.5. The van der Waals surface area contributed by atoms with E-state index in [2.05, 4.69) is 25.9 Å². The molecule has 0 saturated heterocycles. The van der Waals surface area contributed by atoms with E-state index in [1.54, 1.807) is 13.8 Å².